The van der Waals surface area contributed by atoms with E-state index in [2.05, 4.69) is 26.8 Å². The number of H-pyrrole nitrogens is 1. The second-order valence-electron chi connectivity index (χ2n) is 8.94. The number of benzene rings is 1. The molecule has 11 heteroatoms. The number of amides is 1. The number of carbonyl (C=O) groups is 1. The molecule has 0 spiro atoms. The van der Waals surface area contributed by atoms with Crippen LogP contribution in [0.4, 0.5) is 10.1 Å². The molecule has 0 radical (unpaired) electrons. The average Bonchev–Trinajstić information content (AvgIpc) is 3.42. The molecule has 0 aliphatic heterocycles. The summed E-state index contributed by atoms with van der Waals surface area (Å²) in [6.45, 7) is 6.98. The zero-order valence-electron chi connectivity index (χ0n) is 22.6. The van der Waals surface area contributed by atoms with Crippen LogP contribution in [0.15, 0.2) is 64.5 Å². The SMILES string of the molecule is C=Cc1ccc(-c2c(C)[nH]c(C)c(C(=O)Nc3ccc(Oc4ccnc5cc(OC)c(OC)nc45)c(F)c3)c2=O)o1. The van der Waals surface area contributed by atoms with Crippen LogP contribution in [0, 0.1) is 19.7 Å². The predicted octanol–water partition coefficient (Wildman–Crippen LogP) is 6.04. The Morgan fingerprint density at radius 2 is 1.85 bits per heavy atom. The van der Waals surface area contributed by atoms with Gasteiger partial charge < -0.3 is 28.9 Å². The lowest BCUT2D eigenvalue weighted by Crippen LogP contribution is -2.26. The molecule has 4 heterocycles. The van der Waals surface area contributed by atoms with Crippen molar-refractivity contribution in [1.29, 1.82) is 0 Å². The Kier molecular flexibility index (Phi) is 7.26. The fraction of sp³-hybridized carbons (Fsp3) is 0.133. The van der Waals surface area contributed by atoms with Gasteiger partial charge in [-0.3, -0.25) is 14.6 Å². The Hall–Kier alpha value is -5.45. The summed E-state index contributed by atoms with van der Waals surface area (Å²) < 4.78 is 37.1. The number of hydrogen-bond acceptors (Lipinski definition) is 8. The molecule has 1 aromatic carbocycles. The molecule has 0 bridgehead atoms. The molecule has 0 saturated carbocycles. The molecule has 0 atom stereocenters. The van der Waals surface area contributed by atoms with Gasteiger partial charge in [-0.25, -0.2) is 9.37 Å². The molecular weight excluding hydrogens is 531 g/mol. The standard InChI is InChI=1S/C30H25FN4O6/c1-6-18-8-10-22(40-18)25-15(2)33-16(3)26(28(25)36)29(37)34-17-7-9-21(19(31)13-17)41-23-11-12-32-20-14-24(38-4)30(39-5)35-27(20)23/h6-14H,1H2,2-5H3,(H,33,36)(H,34,37). The summed E-state index contributed by atoms with van der Waals surface area (Å²) >= 11 is 0. The van der Waals surface area contributed by atoms with Gasteiger partial charge in [0.2, 0.25) is 5.43 Å². The number of aryl methyl sites for hydroxylation is 2. The van der Waals surface area contributed by atoms with E-state index in [1.807, 2.05) is 0 Å². The van der Waals surface area contributed by atoms with Gasteiger partial charge in [-0.15, -0.1) is 0 Å². The lowest BCUT2D eigenvalue weighted by Gasteiger charge is -2.13. The van der Waals surface area contributed by atoms with Crippen LogP contribution < -0.4 is 25.0 Å². The van der Waals surface area contributed by atoms with Crippen molar-refractivity contribution >= 4 is 28.7 Å². The maximum Gasteiger partial charge on any atom is 0.261 e. The zero-order chi connectivity index (χ0) is 29.3. The number of methoxy groups -OCH3 is 2. The second-order valence-corrected chi connectivity index (χ2v) is 8.94. The minimum absolute atomic E-state index is 0.116. The Labute approximate surface area is 233 Å². The van der Waals surface area contributed by atoms with E-state index < -0.39 is 17.2 Å². The van der Waals surface area contributed by atoms with Crippen molar-refractivity contribution in [3.05, 3.63) is 94.0 Å². The van der Waals surface area contributed by atoms with E-state index >= 15 is 4.39 Å². The fourth-order valence-electron chi connectivity index (χ4n) is 4.40. The smallest absolute Gasteiger partial charge is 0.261 e. The first-order valence-electron chi connectivity index (χ1n) is 12.4. The normalized spacial score (nSPS) is 10.9. The van der Waals surface area contributed by atoms with Crippen molar-refractivity contribution in [2.75, 3.05) is 19.5 Å². The first-order valence-corrected chi connectivity index (χ1v) is 12.4. The molecule has 208 valence electrons. The van der Waals surface area contributed by atoms with Crippen LogP contribution in [0.2, 0.25) is 0 Å². The quantitative estimate of drug-likeness (QED) is 0.237. The molecule has 0 saturated heterocycles. The Balaban J connectivity index is 1.42. The number of aromatic nitrogens is 3. The molecule has 0 fully saturated rings. The van der Waals surface area contributed by atoms with Crippen LogP contribution in [0.3, 0.4) is 0 Å². The molecular formula is C30H25FN4O6. The number of fused-ring (bicyclic) bond motifs is 1. The maximum atomic E-state index is 15.1. The number of furan rings is 1. The van der Waals surface area contributed by atoms with Crippen molar-refractivity contribution in [3.63, 3.8) is 0 Å². The number of halogens is 1. The summed E-state index contributed by atoms with van der Waals surface area (Å²) in [4.78, 5) is 38.2. The van der Waals surface area contributed by atoms with E-state index in [1.54, 1.807) is 32.0 Å². The highest BCUT2D eigenvalue weighted by Crippen LogP contribution is 2.35. The molecule has 2 N–H and O–H groups in total. The molecule has 10 nitrogen and oxygen atoms in total. The van der Waals surface area contributed by atoms with Gasteiger partial charge in [0.15, 0.2) is 23.1 Å². The number of nitrogens with one attached hydrogen (secondary N) is 2. The average molecular weight is 557 g/mol. The molecule has 4 aromatic heterocycles. The predicted molar refractivity (Wildman–Crippen MR) is 151 cm³/mol. The molecule has 0 aliphatic carbocycles. The molecule has 1 amide bonds. The van der Waals surface area contributed by atoms with Gasteiger partial charge in [0.25, 0.3) is 11.8 Å². The van der Waals surface area contributed by atoms with Crippen molar-refractivity contribution in [2.24, 2.45) is 0 Å². The van der Waals surface area contributed by atoms with E-state index in [9.17, 15) is 9.59 Å². The number of ether oxygens (including phenoxy) is 3. The van der Waals surface area contributed by atoms with Crippen molar-refractivity contribution in [3.8, 4) is 34.5 Å². The molecule has 0 aliphatic rings. The van der Waals surface area contributed by atoms with Gasteiger partial charge in [-0.1, -0.05) is 6.58 Å². The van der Waals surface area contributed by atoms with Crippen molar-refractivity contribution < 1.29 is 27.8 Å². The number of aromatic amines is 1. The molecule has 5 aromatic rings. The summed E-state index contributed by atoms with van der Waals surface area (Å²) in [6.07, 6.45) is 3.01. The fourth-order valence-corrected chi connectivity index (χ4v) is 4.40. The van der Waals surface area contributed by atoms with E-state index in [1.165, 1.54) is 44.7 Å². The lowest BCUT2D eigenvalue weighted by molar-refractivity contribution is 0.102. The van der Waals surface area contributed by atoms with Gasteiger partial charge in [-0.2, -0.15) is 0 Å². The van der Waals surface area contributed by atoms with Crippen LogP contribution in [-0.2, 0) is 0 Å². The number of nitrogens with zero attached hydrogens (tertiary/aromatic N) is 2. The third kappa shape index (κ3) is 5.12. The number of pyridine rings is 3. The Morgan fingerprint density at radius 3 is 2.54 bits per heavy atom. The van der Waals surface area contributed by atoms with E-state index in [0.717, 1.165) is 6.07 Å². The summed E-state index contributed by atoms with van der Waals surface area (Å²) in [5.41, 5.74) is 1.38. The third-order valence-corrected chi connectivity index (χ3v) is 6.31. The first kappa shape index (κ1) is 27.1. The monoisotopic (exact) mass is 556 g/mol. The molecule has 0 unspecified atom stereocenters. The summed E-state index contributed by atoms with van der Waals surface area (Å²) in [5.74, 6) is 0.0422. The van der Waals surface area contributed by atoms with Crippen LogP contribution in [0.1, 0.15) is 27.5 Å². The zero-order valence-corrected chi connectivity index (χ0v) is 22.6. The van der Waals surface area contributed by atoms with Gasteiger partial charge in [-0.05, 0) is 44.2 Å². The highest BCUT2D eigenvalue weighted by molar-refractivity contribution is 6.05. The number of hydrogen-bond donors (Lipinski definition) is 2. The maximum absolute atomic E-state index is 15.1. The molecule has 41 heavy (non-hydrogen) atoms. The van der Waals surface area contributed by atoms with Gasteiger partial charge in [0, 0.05) is 41.5 Å². The van der Waals surface area contributed by atoms with Crippen LogP contribution in [-0.4, -0.2) is 35.1 Å². The Bertz CT molecular complexity index is 1880. The van der Waals surface area contributed by atoms with E-state index in [0.29, 0.717) is 39.7 Å². The van der Waals surface area contributed by atoms with Gasteiger partial charge >= 0.3 is 0 Å². The first-order chi connectivity index (χ1) is 19.7. The highest BCUT2D eigenvalue weighted by atomic mass is 19.1. The van der Waals surface area contributed by atoms with E-state index in [-0.39, 0.29) is 34.2 Å². The minimum Gasteiger partial charge on any atom is -0.491 e. The summed E-state index contributed by atoms with van der Waals surface area (Å²) in [7, 11) is 2.93. The van der Waals surface area contributed by atoms with Crippen molar-refractivity contribution in [2.45, 2.75) is 13.8 Å². The topological polar surface area (TPSA) is 129 Å². The number of carbonyl (C=O) groups excluding carboxylic acids is 1. The Morgan fingerprint density at radius 1 is 1.05 bits per heavy atom. The van der Waals surface area contributed by atoms with Gasteiger partial charge in [0.05, 0.1) is 25.3 Å². The third-order valence-electron chi connectivity index (χ3n) is 6.31. The number of anilines is 1. The highest BCUT2D eigenvalue weighted by Gasteiger charge is 2.22. The number of rotatable bonds is 8. The second kappa shape index (κ2) is 11.0. The summed E-state index contributed by atoms with van der Waals surface area (Å²) in [5, 5.41) is 2.59. The lowest BCUT2D eigenvalue weighted by atomic mass is 10.0. The van der Waals surface area contributed by atoms with Crippen LogP contribution in [0.5, 0.6) is 23.1 Å². The summed E-state index contributed by atoms with van der Waals surface area (Å²) in [6, 6.07) is 10.4. The minimum atomic E-state index is -0.754. The van der Waals surface area contributed by atoms with Crippen molar-refractivity contribution in [1.82, 2.24) is 15.0 Å². The van der Waals surface area contributed by atoms with E-state index in [4.69, 9.17) is 18.6 Å². The molecule has 5 rings (SSSR count). The van der Waals surface area contributed by atoms with Gasteiger partial charge in [0.1, 0.15) is 22.6 Å². The van der Waals surface area contributed by atoms with Crippen LogP contribution >= 0.6 is 0 Å². The largest absolute Gasteiger partial charge is 0.491 e. The van der Waals surface area contributed by atoms with Crippen LogP contribution in [0.25, 0.3) is 28.4 Å².